The van der Waals surface area contributed by atoms with Crippen molar-refractivity contribution in [1.82, 2.24) is 0 Å². The average Bonchev–Trinajstić information content (AvgIpc) is 2.67. The van der Waals surface area contributed by atoms with Crippen molar-refractivity contribution in [2.75, 3.05) is 0 Å². The molecule has 0 heterocycles. The van der Waals surface area contributed by atoms with Crippen molar-refractivity contribution in [3.8, 4) is 0 Å². The van der Waals surface area contributed by atoms with Gasteiger partial charge >= 0.3 is 70.4 Å². The molecule has 4 radical (unpaired) electrons. The van der Waals surface area contributed by atoms with Gasteiger partial charge in [-0.1, -0.05) is 0 Å². The molecule has 1 atom stereocenters. The Labute approximate surface area is 106 Å². The third-order valence-electron chi connectivity index (χ3n) is 1.73. The first-order chi connectivity index (χ1) is 6.88. The molecule has 2 rings (SSSR count). The number of halogens is 1. The van der Waals surface area contributed by atoms with E-state index in [9.17, 15) is 0 Å². The molecule has 0 amide bonds. The summed E-state index contributed by atoms with van der Waals surface area (Å²) in [7, 11) is 0. The van der Waals surface area contributed by atoms with Crippen LogP contribution >= 0.6 is 0 Å². The first kappa shape index (κ1) is 16.6. The second-order valence-corrected chi connectivity index (χ2v) is 3.46. The fraction of sp³-hybridized carbons (Fsp3) is 0.0909. The number of hydrogen-bond acceptors (Lipinski definition) is 2. The van der Waals surface area contributed by atoms with Crippen molar-refractivity contribution in [3.63, 3.8) is 0 Å². The van der Waals surface area contributed by atoms with Crippen LogP contribution in [0, 0.1) is 0 Å². The molecule has 1 unspecified atom stereocenters. The average molecular weight is 308 g/mol. The summed E-state index contributed by atoms with van der Waals surface area (Å²) in [6, 6.07) is 8.49. The molecule has 0 aromatic heterocycles. The van der Waals surface area contributed by atoms with E-state index in [2.05, 4.69) is 68.3 Å². The van der Waals surface area contributed by atoms with Gasteiger partial charge in [0, 0.05) is 0 Å². The number of rotatable bonds is 0. The summed E-state index contributed by atoms with van der Waals surface area (Å²) < 4.78 is 0.551. The van der Waals surface area contributed by atoms with Crippen molar-refractivity contribution in [3.05, 3.63) is 41.5 Å². The van der Waals surface area contributed by atoms with E-state index in [1.165, 1.54) is 11.1 Å². The Morgan fingerprint density at radius 3 is 2.13 bits per heavy atom. The molecule has 4 heteroatoms. The molecule has 15 heavy (non-hydrogen) atoms. The predicted molar refractivity (Wildman–Crippen MR) is 49.6 cm³/mol. The van der Waals surface area contributed by atoms with Crippen LogP contribution in [0.15, 0.2) is 30.3 Å². The summed E-state index contributed by atoms with van der Waals surface area (Å²) in [4.78, 5) is 15.0. The maximum atomic E-state index is 7.50. The van der Waals surface area contributed by atoms with Crippen molar-refractivity contribution < 1.29 is 40.3 Å². The molecule has 0 spiro atoms. The topological polar surface area (TPSA) is 34.1 Å². The van der Waals surface area contributed by atoms with E-state index in [0.29, 0.717) is 4.51 Å². The zero-order chi connectivity index (χ0) is 11.0. The molecule has 0 saturated carbocycles. The quantitative estimate of drug-likeness (QED) is 0.548. The van der Waals surface area contributed by atoms with Crippen LogP contribution in [0.4, 0.5) is 0 Å². The van der Waals surface area contributed by atoms with Crippen LogP contribution in [-0.4, -0.2) is 13.6 Å². The molecular weight excluding hydrogens is 301 g/mol. The molecule has 0 bridgehead atoms. The molecule has 78 valence electrons. The van der Waals surface area contributed by atoms with Gasteiger partial charge in [0.2, 0.25) is 0 Å². The molecule has 2 nitrogen and oxygen atoms in total. The van der Waals surface area contributed by atoms with E-state index in [0.717, 1.165) is 0 Å². The minimum atomic E-state index is 0. The van der Waals surface area contributed by atoms with E-state index in [4.69, 9.17) is 9.59 Å². The van der Waals surface area contributed by atoms with Crippen molar-refractivity contribution in [1.29, 1.82) is 0 Å². The molecule has 1 aromatic carbocycles. The van der Waals surface area contributed by atoms with Crippen LogP contribution in [-0.2, 0) is 27.9 Å². The van der Waals surface area contributed by atoms with Gasteiger partial charge in [-0.25, -0.2) is 0 Å². The van der Waals surface area contributed by atoms with Crippen molar-refractivity contribution >= 4 is 19.7 Å². The van der Waals surface area contributed by atoms with Gasteiger partial charge in [-0.2, -0.15) is 0 Å². The van der Waals surface area contributed by atoms with Crippen LogP contribution in [0.5, 0.6) is 0 Å². The summed E-state index contributed by atoms with van der Waals surface area (Å²) in [5.41, 5.74) is 2.80. The van der Waals surface area contributed by atoms with Crippen molar-refractivity contribution in [2.45, 2.75) is 4.51 Å². The Balaban J connectivity index is 0. The van der Waals surface area contributed by atoms with Gasteiger partial charge in [-0.15, -0.1) is 0 Å². The molecule has 1 aromatic rings. The molecular formula is C11H7ClO2Ru. The Bertz CT molecular complexity index is 313. The van der Waals surface area contributed by atoms with Crippen LogP contribution in [0.3, 0.4) is 0 Å². The summed E-state index contributed by atoms with van der Waals surface area (Å²) in [5, 5.41) is 0. The summed E-state index contributed by atoms with van der Waals surface area (Å²) in [5.74, 6) is 0. The minimum absolute atomic E-state index is 0. The number of fused-ring (bicyclic) bond motifs is 1. The van der Waals surface area contributed by atoms with Gasteiger partial charge in [0.05, 0.1) is 0 Å². The van der Waals surface area contributed by atoms with Crippen LogP contribution in [0.2, 0.25) is 0 Å². The molecule has 1 aliphatic carbocycles. The Morgan fingerprint density at radius 2 is 1.60 bits per heavy atom. The van der Waals surface area contributed by atoms with Gasteiger partial charge in [0.25, 0.3) is 13.6 Å². The Kier molecular flexibility index (Phi) is 10.8. The molecule has 0 fully saturated rings. The number of benzene rings is 1. The molecule has 0 saturated heterocycles. The number of allylic oxidation sites excluding steroid dienone is 1. The predicted octanol–water partition coefficient (Wildman–Crippen LogP) is -1.49. The maximum absolute atomic E-state index is 7.50. The first-order valence-corrected chi connectivity index (χ1v) is 4.69. The zero-order valence-electron chi connectivity index (χ0n) is 7.59. The van der Waals surface area contributed by atoms with Gasteiger partial charge in [0.1, 0.15) is 0 Å². The van der Waals surface area contributed by atoms with E-state index in [1.54, 1.807) is 0 Å². The van der Waals surface area contributed by atoms with E-state index >= 15 is 0 Å². The fourth-order valence-electron chi connectivity index (χ4n) is 1.20. The van der Waals surface area contributed by atoms with Gasteiger partial charge in [0.15, 0.2) is 0 Å². The second kappa shape index (κ2) is 9.76. The molecule has 0 aliphatic heterocycles. The van der Waals surface area contributed by atoms with Gasteiger partial charge in [-0.05, 0) is 0 Å². The van der Waals surface area contributed by atoms with Gasteiger partial charge < -0.3 is 12.4 Å². The van der Waals surface area contributed by atoms with Crippen LogP contribution < -0.4 is 12.4 Å². The van der Waals surface area contributed by atoms with Gasteiger partial charge in [-0.3, -0.25) is 9.59 Å². The van der Waals surface area contributed by atoms with E-state index in [1.807, 2.05) is 0 Å². The standard InChI is InChI=1S/C9H7.2CO.ClH.Ru/c1-2-5-9-7-3-6-8(9)4-1;2*1-2;;/h1-7H;;;1H;/q;;;;+1/p-1. The normalized spacial score (nSPS) is 14.6. The monoisotopic (exact) mass is 308 g/mol. The number of carbonyl (C=O) groups excluding carboxylic acids is 2. The van der Waals surface area contributed by atoms with Crippen LogP contribution in [0.1, 0.15) is 15.6 Å². The van der Waals surface area contributed by atoms with Crippen molar-refractivity contribution in [2.24, 2.45) is 0 Å². The summed E-state index contributed by atoms with van der Waals surface area (Å²) in [6.45, 7) is 9.00. The molecule has 1 aliphatic rings. The zero-order valence-corrected chi connectivity index (χ0v) is 10.1. The summed E-state index contributed by atoms with van der Waals surface area (Å²) >= 11 is 2.72. The Morgan fingerprint density at radius 1 is 1.07 bits per heavy atom. The third-order valence-corrected chi connectivity index (χ3v) is 2.60. The number of hydrogen-bond donors (Lipinski definition) is 0. The summed E-state index contributed by atoms with van der Waals surface area (Å²) in [6.07, 6.45) is 4.39. The molecule has 0 N–H and O–H groups in total. The first-order valence-electron chi connectivity index (χ1n) is 3.68. The Hall–Kier alpha value is -0.787. The third kappa shape index (κ3) is 4.50. The second-order valence-electron chi connectivity index (χ2n) is 2.37. The fourth-order valence-corrected chi connectivity index (χ4v) is 1.82. The van der Waals surface area contributed by atoms with E-state index in [-0.39, 0.29) is 12.4 Å². The van der Waals surface area contributed by atoms with E-state index < -0.39 is 0 Å². The van der Waals surface area contributed by atoms with Crippen LogP contribution in [0.25, 0.3) is 6.08 Å². The SMILES string of the molecule is [C]=O.[C]=O.[Cl-].[Ru+][CH]1C=Cc2ccccc21.